The molecule has 2 rings (SSSR count). The SMILES string of the molecule is CCOC(=O)[C@@H](NC(=O)Oc1ccc([N+](=O)[O-])cc1)C1CCCCC1. The van der Waals surface area contributed by atoms with Crippen molar-refractivity contribution in [2.45, 2.75) is 45.1 Å². The first-order valence-corrected chi connectivity index (χ1v) is 8.40. The van der Waals surface area contributed by atoms with Gasteiger partial charge in [-0.05, 0) is 37.8 Å². The standard InChI is InChI=1S/C17H22N2O6/c1-2-24-16(20)15(12-6-4-3-5-7-12)18-17(21)25-14-10-8-13(9-11-14)19(22)23/h8-12,15H,2-7H2,1H3,(H,18,21)/t15-/m0/s1. The van der Waals surface area contributed by atoms with Crippen LogP contribution in [0.1, 0.15) is 39.0 Å². The van der Waals surface area contributed by atoms with Gasteiger partial charge in [-0.3, -0.25) is 10.1 Å². The molecule has 1 amide bonds. The molecule has 0 spiro atoms. The van der Waals surface area contributed by atoms with Crippen molar-refractivity contribution in [2.24, 2.45) is 5.92 Å². The zero-order chi connectivity index (χ0) is 18.2. The van der Waals surface area contributed by atoms with E-state index in [-0.39, 0.29) is 24.0 Å². The first kappa shape index (κ1) is 18.7. The van der Waals surface area contributed by atoms with Crippen LogP contribution in [0.5, 0.6) is 5.75 Å². The highest BCUT2D eigenvalue weighted by molar-refractivity contribution is 5.82. The number of hydrogen-bond donors (Lipinski definition) is 1. The van der Waals surface area contributed by atoms with Gasteiger partial charge < -0.3 is 14.8 Å². The highest BCUT2D eigenvalue weighted by atomic mass is 16.6. The number of nitrogens with zero attached hydrogens (tertiary/aromatic N) is 1. The van der Waals surface area contributed by atoms with Crippen LogP contribution in [-0.2, 0) is 9.53 Å². The van der Waals surface area contributed by atoms with Gasteiger partial charge in [0.25, 0.3) is 5.69 Å². The number of nitrogens with one attached hydrogen (secondary N) is 1. The molecule has 1 aromatic rings. The second-order valence-electron chi connectivity index (χ2n) is 5.91. The molecular formula is C17H22N2O6. The molecule has 0 aliphatic heterocycles. The summed E-state index contributed by atoms with van der Waals surface area (Å²) in [7, 11) is 0. The average Bonchev–Trinajstić information content (AvgIpc) is 2.61. The topological polar surface area (TPSA) is 108 Å². The summed E-state index contributed by atoms with van der Waals surface area (Å²) in [6.45, 7) is 1.95. The van der Waals surface area contributed by atoms with Gasteiger partial charge in [0.2, 0.25) is 0 Å². The van der Waals surface area contributed by atoms with Crippen molar-refractivity contribution in [1.29, 1.82) is 0 Å². The van der Waals surface area contributed by atoms with E-state index < -0.39 is 23.0 Å². The average molecular weight is 350 g/mol. The van der Waals surface area contributed by atoms with Crippen LogP contribution in [0.25, 0.3) is 0 Å². The van der Waals surface area contributed by atoms with Crippen LogP contribution in [0.15, 0.2) is 24.3 Å². The van der Waals surface area contributed by atoms with E-state index in [0.717, 1.165) is 32.1 Å². The fraction of sp³-hybridized carbons (Fsp3) is 0.529. The zero-order valence-electron chi connectivity index (χ0n) is 14.1. The minimum Gasteiger partial charge on any atom is -0.464 e. The number of esters is 1. The van der Waals surface area contributed by atoms with Gasteiger partial charge in [-0.15, -0.1) is 0 Å². The normalized spacial score (nSPS) is 15.9. The smallest absolute Gasteiger partial charge is 0.413 e. The van der Waals surface area contributed by atoms with Crippen LogP contribution in [-0.4, -0.2) is 29.6 Å². The Balaban J connectivity index is 2.00. The van der Waals surface area contributed by atoms with Crippen molar-refractivity contribution in [2.75, 3.05) is 6.61 Å². The molecule has 0 saturated heterocycles. The maximum absolute atomic E-state index is 12.2. The first-order chi connectivity index (χ1) is 12.0. The summed E-state index contributed by atoms with van der Waals surface area (Å²) in [6.07, 6.45) is 4.07. The predicted molar refractivity (Wildman–Crippen MR) is 89.3 cm³/mol. The third-order valence-corrected chi connectivity index (χ3v) is 4.19. The maximum atomic E-state index is 12.2. The molecule has 1 fully saturated rings. The summed E-state index contributed by atoms with van der Waals surface area (Å²) in [6, 6.07) is 4.40. The van der Waals surface area contributed by atoms with Crippen molar-refractivity contribution in [3.63, 3.8) is 0 Å². The molecule has 25 heavy (non-hydrogen) atoms. The molecule has 1 saturated carbocycles. The summed E-state index contributed by atoms with van der Waals surface area (Å²) in [5.41, 5.74) is -0.0978. The van der Waals surface area contributed by atoms with Crippen LogP contribution in [0.2, 0.25) is 0 Å². The summed E-state index contributed by atoms with van der Waals surface area (Å²) in [5, 5.41) is 13.2. The molecule has 1 N–H and O–H groups in total. The lowest BCUT2D eigenvalue weighted by Crippen LogP contribution is -2.48. The third kappa shape index (κ3) is 5.44. The molecule has 0 bridgehead atoms. The monoisotopic (exact) mass is 350 g/mol. The van der Waals surface area contributed by atoms with Gasteiger partial charge in [0.1, 0.15) is 11.8 Å². The van der Waals surface area contributed by atoms with E-state index in [2.05, 4.69) is 5.32 Å². The van der Waals surface area contributed by atoms with Gasteiger partial charge in [0, 0.05) is 12.1 Å². The Morgan fingerprint density at radius 1 is 1.24 bits per heavy atom. The number of ether oxygens (including phenoxy) is 2. The van der Waals surface area contributed by atoms with Gasteiger partial charge in [0.15, 0.2) is 0 Å². The van der Waals surface area contributed by atoms with Gasteiger partial charge in [0.05, 0.1) is 11.5 Å². The van der Waals surface area contributed by atoms with Gasteiger partial charge in [-0.25, -0.2) is 9.59 Å². The number of nitro groups is 1. The molecule has 1 aliphatic rings. The largest absolute Gasteiger partial charge is 0.464 e. The maximum Gasteiger partial charge on any atom is 0.413 e. The number of nitro benzene ring substituents is 1. The Morgan fingerprint density at radius 2 is 1.88 bits per heavy atom. The third-order valence-electron chi connectivity index (χ3n) is 4.19. The number of rotatable bonds is 6. The van der Waals surface area contributed by atoms with E-state index >= 15 is 0 Å². The highest BCUT2D eigenvalue weighted by Crippen LogP contribution is 2.27. The molecule has 8 heteroatoms. The minimum atomic E-state index is -0.780. The van der Waals surface area contributed by atoms with E-state index in [1.54, 1.807) is 6.92 Å². The van der Waals surface area contributed by atoms with Crippen molar-refractivity contribution >= 4 is 17.7 Å². The lowest BCUT2D eigenvalue weighted by atomic mass is 9.84. The fourth-order valence-corrected chi connectivity index (χ4v) is 2.97. The van der Waals surface area contributed by atoms with Gasteiger partial charge in [-0.1, -0.05) is 19.3 Å². The van der Waals surface area contributed by atoms with E-state index in [1.165, 1.54) is 24.3 Å². The summed E-state index contributed by atoms with van der Waals surface area (Å²) in [4.78, 5) is 34.4. The van der Waals surface area contributed by atoms with Crippen LogP contribution in [0.3, 0.4) is 0 Å². The molecule has 0 heterocycles. The van der Waals surface area contributed by atoms with E-state index in [9.17, 15) is 19.7 Å². The summed E-state index contributed by atoms with van der Waals surface area (Å²) < 4.78 is 10.2. The zero-order valence-corrected chi connectivity index (χ0v) is 14.1. The fourth-order valence-electron chi connectivity index (χ4n) is 2.97. The molecule has 136 valence electrons. The number of non-ortho nitro benzene ring substituents is 1. The minimum absolute atomic E-state index is 0.0252. The van der Waals surface area contributed by atoms with Crippen LogP contribution < -0.4 is 10.1 Å². The van der Waals surface area contributed by atoms with Gasteiger partial charge >= 0.3 is 12.1 Å². The Morgan fingerprint density at radius 3 is 2.44 bits per heavy atom. The van der Waals surface area contributed by atoms with Crippen molar-refractivity contribution in [1.82, 2.24) is 5.32 Å². The van der Waals surface area contributed by atoms with Crippen molar-refractivity contribution < 1.29 is 24.0 Å². The lowest BCUT2D eigenvalue weighted by molar-refractivity contribution is -0.384. The van der Waals surface area contributed by atoms with E-state index in [4.69, 9.17) is 9.47 Å². The molecule has 0 aromatic heterocycles. The Bertz CT molecular complexity index is 610. The number of carbonyl (C=O) groups is 2. The predicted octanol–water partition coefficient (Wildman–Crippen LogP) is 3.20. The van der Waals surface area contributed by atoms with Crippen LogP contribution >= 0.6 is 0 Å². The Kier molecular flexibility index (Phi) is 6.73. The highest BCUT2D eigenvalue weighted by Gasteiger charge is 2.32. The molecule has 0 radical (unpaired) electrons. The lowest BCUT2D eigenvalue weighted by Gasteiger charge is -2.28. The van der Waals surface area contributed by atoms with Gasteiger partial charge in [-0.2, -0.15) is 0 Å². The Hall–Kier alpha value is -2.64. The summed E-state index contributed by atoms with van der Waals surface area (Å²) in [5.74, 6) is -0.276. The second-order valence-corrected chi connectivity index (χ2v) is 5.91. The molecule has 1 atom stereocenters. The quantitative estimate of drug-likeness (QED) is 0.479. The number of amides is 1. The van der Waals surface area contributed by atoms with Crippen LogP contribution in [0, 0.1) is 16.0 Å². The molecule has 0 unspecified atom stereocenters. The number of carbonyl (C=O) groups excluding carboxylic acids is 2. The second kappa shape index (κ2) is 9.00. The number of benzene rings is 1. The van der Waals surface area contributed by atoms with E-state index in [1.807, 2.05) is 0 Å². The molecule has 1 aliphatic carbocycles. The first-order valence-electron chi connectivity index (χ1n) is 8.40. The summed E-state index contributed by atoms with van der Waals surface area (Å²) >= 11 is 0. The number of hydrogen-bond acceptors (Lipinski definition) is 6. The molecule has 1 aromatic carbocycles. The van der Waals surface area contributed by atoms with Crippen molar-refractivity contribution in [3.05, 3.63) is 34.4 Å². The Labute approximate surface area is 145 Å². The van der Waals surface area contributed by atoms with Crippen LogP contribution in [0.4, 0.5) is 10.5 Å². The molecular weight excluding hydrogens is 328 g/mol. The molecule has 8 nitrogen and oxygen atoms in total. The van der Waals surface area contributed by atoms with E-state index in [0.29, 0.717) is 0 Å². The van der Waals surface area contributed by atoms with Crippen molar-refractivity contribution in [3.8, 4) is 5.75 Å².